The molecule has 0 saturated carbocycles. The minimum atomic E-state index is -3.93. The van der Waals surface area contributed by atoms with Crippen molar-refractivity contribution in [3.63, 3.8) is 0 Å². The van der Waals surface area contributed by atoms with Crippen LogP contribution >= 0.6 is 0 Å². The van der Waals surface area contributed by atoms with Crippen molar-refractivity contribution >= 4 is 37.6 Å². The molecule has 65 heavy (non-hydrogen) atoms. The molecule has 1 aromatic heterocycles. The molecule has 3 fully saturated rings. The van der Waals surface area contributed by atoms with Crippen molar-refractivity contribution in [2.45, 2.75) is 195 Å². The van der Waals surface area contributed by atoms with E-state index < -0.39 is 21.0 Å². The first-order valence-corrected chi connectivity index (χ1v) is 29.5. The monoisotopic (exact) mass is 934 g/mol. The van der Waals surface area contributed by atoms with E-state index in [4.69, 9.17) is 4.74 Å². The molecule has 3 aliphatic heterocycles. The van der Waals surface area contributed by atoms with Crippen LogP contribution in [0.15, 0.2) is 63.3 Å². The van der Waals surface area contributed by atoms with Gasteiger partial charge >= 0.3 is 0 Å². The zero-order chi connectivity index (χ0) is 45.7. The second-order valence-corrected chi connectivity index (χ2v) is 22.9. The maximum atomic E-state index is 14.6. The van der Waals surface area contributed by atoms with E-state index in [1.54, 1.807) is 30.5 Å². The highest BCUT2D eigenvalue weighted by atomic mass is 32.2. The summed E-state index contributed by atoms with van der Waals surface area (Å²) in [5, 5.41) is 0.746. The minimum absolute atomic E-state index is 0.212. The smallest absolute Gasteiger partial charge is 0.210 e. The number of sulfone groups is 1. The van der Waals surface area contributed by atoms with E-state index in [-0.39, 0.29) is 9.79 Å². The summed E-state index contributed by atoms with van der Waals surface area (Å²) in [5.74, 6) is 0.693. The van der Waals surface area contributed by atoms with Gasteiger partial charge in [-0.2, -0.15) is 0 Å². The predicted molar refractivity (Wildman–Crippen MR) is 273 cm³/mol. The molecule has 0 bridgehead atoms. The first-order chi connectivity index (χ1) is 31.8. The Balaban J connectivity index is 0.918. The highest BCUT2D eigenvalue weighted by molar-refractivity contribution is 7.91. The summed E-state index contributed by atoms with van der Waals surface area (Å²) < 4.78 is 47.9. The minimum Gasteiger partial charge on any atom is -0.612 e. The lowest BCUT2D eigenvalue weighted by atomic mass is 9.96. The molecule has 3 aliphatic rings. The number of hydrogen-bond acceptors (Lipinski definition) is 9. The van der Waals surface area contributed by atoms with Crippen LogP contribution in [0.5, 0.6) is 5.75 Å². The third-order valence-corrected chi connectivity index (χ3v) is 17.7. The lowest BCUT2D eigenvalue weighted by Gasteiger charge is -2.46. The average molecular weight is 934 g/mol. The number of pyridine rings is 1. The Morgan fingerprint density at radius 2 is 1.12 bits per heavy atom. The fourth-order valence-electron chi connectivity index (χ4n) is 10.7. The Labute approximate surface area is 398 Å². The van der Waals surface area contributed by atoms with Crippen molar-refractivity contribution in [3.05, 3.63) is 48.7 Å². The van der Waals surface area contributed by atoms with Crippen molar-refractivity contribution in [1.82, 2.24) is 19.7 Å². The maximum absolute atomic E-state index is 14.6. The van der Waals surface area contributed by atoms with Crippen molar-refractivity contribution in [1.29, 1.82) is 0 Å². The summed E-state index contributed by atoms with van der Waals surface area (Å²) in [4.78, 5) is 16.0. The van der Waals surface area contributed by atoms with E-state index in [1.807, 2.05) is 18.2 Å². The van der Waals surface area contributed by atoms with Crippen LogP contribution in [0.4, 0.5) is 5.69 Å². The van der Waals surface area contributed by atoms with Crippen molar-refractivity contribution in [2.75, 3.05) is 76.7 Å². The number of fused-ring (bicyclic) bond motifs is 1. The Hall–Kier alpha value is -2.41. The number of likely N-dealkylation sites (tertiary alicyclic amines) is 1. The first-order valence-electron chi connectivity index (χ1n) is 26.5. The van der Waals surface area contributed by atoms with E-state index in [0.717, 1.165) is 63.8 Å². The molecule has 9 nitrogen and oxygen atoms in total. The molecule has 0 radical (unpaired) electrons. The molecular weight excluding hydrogens is 847 g/mol. The molecule has 0 aliphatic carbocycles. The summed E-state index contributed by atoms with van der Waals surface area (Å²) in [5.41, 5.74) is 1.40. The second kappa shape index (κ2) is 28.2. The third kappa shape index (κ3) is 16.1. The topological polar surface area (TPSA) is 92.3 Å². The van der Waals surface area contributed by atoms with Crippen LogP contribution in [0.2, 0.25) is 0 Å². The van der Waals surface area contributed by atoms with Crippen LogP contribution in [0.1, 0.15) is 168 Å². The Morgan fingerprint density at radius 1 is 0.631 bits per heavy atom. The summed E-state index contributed by atoms with van der Waals surface area (Å²) in [7, 11) is -3.93. The van der Waals surface area contributed by atoms with Gasteiger partial charge in [0.05, 0.1) is 22.7 Å². The number of anilines is 1. The zero-order valence-corrected chi connectivity index (χ0v) is 42.6. The number of nitrogens with zero attached hydrogens (tertiary/aromatic N) is 5. The molecule has 364 valence electrons. The number of aromatic nitrogens is 1. The van der Waals surface area contributed by atoms with Gasteiger partial charge in [-0.15, -0.1) is 0 Å². The van der Waals surface area contributed by atoms with Gasteiger partial charge in [0.25, 0.3) is 0 Å². The summed E-state index contributed by atoms with van der Waals surface area (Å²) in [6.45, 7) is 14.9. The Kier molecular flexibility index (Phi) is 22.5. The molecule has 0 spiro atoms. The molecule has 4 heterocycles. The van der Waals surface area contributed by atoms with Gasteiger partial charge in [0.1, 0.15) is 16.9 Å². The maximum Gasteiger partial charge on any atom is 0.210 e. The summed E-state index contributed by atoms with van der Waals surface area (Å²) in [6, 6.07) is 13.7. The summed E-state index contributed by atoms with van der Waals surface area (Å²) in [6.07, 6.45) is 34.8. The zero-order valence-electron chi connectivity index (χ0n) is 41.0. The number of likely N-dealkylation sites (N-methyl/N-ethyl adjacent to an activating group) is 1. The van der Waals surface area contributed by atoms with E-state index >= 15 is 0 Å². The third-order valence-electron chi connectivity index (χ3n) is 15.0. The largest absolute Gasteiger partial charge is 0.612 e. The van der Waals surface area contributed by atoms with Gasteiger partial charge in [0.2, 0.25) is 9.84 Å². The number of hydrogen-bond donors (Lipinski definition) is 0. The quantitative estimate of drug-likeness (QED) is 0.0498. The SMILES string of the molecule is CCCCCCCCCCCCCCCCCCCCCCOc1ccc(S(=O)(=O)c2cnc3ccc([S@+](C)[O-])cc3c2N2CCC(N3CCC(N4CCN(CC)CC4)CC3)CC2)cc1. The highest BCUT2D eigenvalue weighted by Gasteiger charge is 2.34. The molecule has 0 unspecified atom stereocenters. The molecule has 6 rings (SSSR count). The number of ether oxygens (including phenoxy) is 1. The molecule has 1 atom stereocenters. The molecule has 2 aromatic carbocycles. The van der Waals surface area contributed by atoms with Gasteiger partial charge in [-0.1, -0.05) is 136 Å². The van der Waals surface area contributed by atoms with Crippen LogP contribution in [0.25, 0.3) is 10.9 Å². The van der Waals surface area contributed by atoms with E-state index in [9.17, 15) is 13.0 Å². The van der Waals surface area contributed by atoms with Crippen LogP contribution in [0.3, 0.4) is 0 Å². The van der Waals surface area contributed by atoms with Crippen LogP contribution in [0, 0.1) is 0 Å². The van der Waals surface area contributed by atoms with Gasteiger partial charge in [-0.25, -0.2) is 8.42 Å². The molecular formula is C54H87N5O4S2. The van der Waals surface area contributed by atoms with Crippen molar-refractivity contribution in [3.8, 4) is 5.75 Å². The van der Waals surface area contributed by atoms with Gasteiger partial charge < -0.3 is 24.0 Å². The summed E-state index contributed by atoms with van der Waals surface area (Å²) >= 11 is -1.21. The lowest BCUT2D eigenvalue weighted by Crippen LogP contribution is -2.55. The average Bonchev–Trinajstić information content (AvgIpc) is 3.34. The number of piperazine rings is 1. The number of rotatable bonds is 29. The normalized spacial score (nSPS) is 18.2. The number of unbranched alkanes of at least 4 members (excludes halogenated alkanes) is 19. The van der Waals surface area contributed by atoms with Crippen LogP contribution in [-0.2, 0) is 21.0 Å². The molecule has 11 heteroatoms. The van der Waals surface area contributed by atoms with Crippen molar-refractivity contribution < 1.29 is 17.7 Å². The number of piperidine rings is 2. The van der Waals surface area contributed by atoms with E-state index in [1.165, 1.54) is 161 Å². The molecule has 3 saturated heterocycles. The second-order valence-electron chi connectivity index (χ2n) is 19.6. The lowest BCUT2D eigenvalue weighted by molar-refractivity contribution is 0.0449. The first kappa shape index (κ1) is 52.0. The fourth-order valence-corrected chi connectivity index (χ4v) is 12.7. The van der Waals surface area contributed by atoms with Gasteiger partial charge in [-0.05, 0) is 99.3 Å². The van der Waals surface area contributed by atoms with Crippen molar-refractivity contribution in [2.24, 2.45) is 0 Å². The van der Waals surface area contributed by atoms with Gasteiger partial charge in [-0.3, -0.25) is 9.88 Å². The van der Waals surface area contributed by atoms with Gasteiger partial charge in [0.15, 0.2) is 4.90 Å². The molecule has 0 amide bonds. The van der Waals surface area contributed by atoms with Crippen LogP contribution in [-0.4, -0.2) is 117 Å². The van der Waals surface area contributed by atoms with Gasteiger partial charge in [0, 0.05) is 69.0 Å². The Bertz CT molecular complexity index is 1890. The Morgan fingerprint density at radius 3 is 1.63 bits per heavy atom. The highest BCUT2D eigenvalue weighted by Crippen LogP contribution is 2.39. The van der Waals surface area contributed by atoms with E-state index in [2.05, 4.69) is 38.4 Å². The van der Waals surface area contributed by atoms with E-state index in [0.29, 0.717) is 40.5 Å². The van der Waals surface area contributed by atoms with Crippen LogP contribution < -0.4 is 9.64 Å². The number of benzene rings is 2. The molecule has 3 aromatic rings. The molecule has 0 N–H and O–H groups in total. The standard InChI is InChI=1S/C54H87N5O4S2/c1-4-6-7-8-9-10-11-12-13-14-15-16-17-18-19-20-21-22-23-24-43-63-48-25-28-50(29-26-48)65(61,62)53-45-55-52-30-27-49(64(3)60)44-51(52)54(53)59-37-33-46(34-38-59)57-35-31-47(32-36-57)58-41-39-56(5-2)40-42-58/h25-30,44-47H,4-24,31-43H2,1-3H3/t64-/m0/s1. The fraction of sp³-hybridized carbons (Fsp3) is 0.722. The predicted octanol–water partition coefficient (Wildman–Crippen LogP) is 12.1.